The third-order valence-corrected chi connectivity index (χ3v) is 3.39. The van der Waals surface area contributed by atoms with E-state index in [9.17, 15) is 4.79 Å². The van der Waals surface area contributed by atoms with Crippen LogP contribution < -0.4 is 10.1 Å². The van der Waals surface area contributed by atoms with E-state index < -0.39 is 0 Å². The summed E-state index contributed by atoms with van der Waals surface area (Å²) in [7, 11) is 3.36. The number of anilines is 1. The topological polar surface area (TPSA) is 56.1 Å². The van der Waals surface area contributed by atoms with Crippen molar-refractivity contribution in [2.75, 3.05) is 12.4 Å². The lowest BCUT2D eigenvalue weighted by Gasteiger charge is -2.10. The molecule has 0 fully saturated rings. The lowest BCUT2D eigenvalue weighted by molar-refractivity contribution is 0.102. The number of amides is 1. The van der Waals surface area contributed by atoms with Crippen molar-refractivity contribution in [2.24, 2.45) is 7.05 Å². The minimum absolute atomic E-state index is 0.242. The van der Waals surface area contributed by atoms with Crippen molar-refractivity contribution in [3.63, 3.8) is 0 Å². The average molecular weight is 371 g/mol. The first-order valence-corrected chi connectivity index (χ1v) is 6.74. The first-order chi connectivity index (χ1) is 9.01. The normalized spacial score (nSPS) is 10.3. The second-order valence-electron chi connectivity index (χ2n) is 4.16. The molecule has 0 aliphatic heterocycles. The van der Waals surface area contributed by atoms with Crippen LogP contribution in [-0.2, 0) is 7.05 Å². The molecule has 0 atom stereocenters. The molecule has 1 aromatic carbocycles. The molecular weight excluding hydrogens is 357 g/mol. The van der Waals surface area contributed by atoms with Crippen LogP contribution in [0.5, 0.6) is 5.75 Å². The van der Waals surface area contributed by atoms with Crippen molar-refractivity contribution >= 4 is 34.2 Å². The van der Waals surface area contributed by atoms with E-state index >= 15 is 0 Å². The van der Waals surface area contributed by atoms with Gasteiger partial charge in [0.2, 0.25) is 0 Å². The Bertz CT molecular complexity index is 622. The highest BCUT2D eigenvalue weighted by atomic mass is 127. The SMILES string of the molecule is COc1ccc(C)cc1NC(=O)c1nn(C)cc1I. The number of aromatic nitrogens is 2. The summed E-state index contributed by atoms with van der Waals surface area (Å²) in [5.41, 5.74) is 2.10. The molecule has 0 saturated heterocycles. The maximum atomic E-state index is 12.2. The van der Waals surface area contributed by atoms with Crippen molar-refractivity contribution in [3.05, 3.63) is 39.2 Å². The van der Waals surface area contributed by atoms with Crippen LogP contribution in [0.1, 0.15) is 16.1 Å². The molecule has 1 aromatic heterocycles. The summed E-state index contributed by atoms with van der Waals surface area (Å²) in [4.78, 5) is 12.2. The Hall–Kier alpha value is -1.57. The molecule has 100 valence electrons. The minimum Gasteiger partial charge on any atom is -0.495 e. The van der Waals surface area contributed by atoms with Crippen molar-refractivity contribution < 1.29 is 9.53 Å². The number of carbonyl (C=O) groups excluding carboxylic acids is 1. The molecule has 5 nitrogen and oxygen atoms in total. The largest absolute Gasteiger partial charge is 0.495 e. The van der Waals surface area contributed by atoms with Crippen LogP contribution in [0.4, 0.5) is 5.69 Å². The van der Waals surface area contributed by atoms with Gasteiger partial charge in [-0.3, -0.25) is 9.48 Å². The van der Waals surface area contributed by atoms with Crippen LogP contribution in [0.25, 0.3) is 0 Å². The number of halogens is 1. The molecule has 0 bridgehead atoms. The molecule has 2 rings (SSSR count). The maximum absolute atomic E-state index is 12.2. The Morgan fingerprint density at radius 3 is 2.79 bits per heavy atom. The van der Waals surface area contributed by atoms with E-state index in [0.29, 0.717) is 17.1 Å². The van der Waals surface area contributed by atoms with Crippen LogP contribution in [0, 0.1) is 10.5 Å². The van der Waals surface area contributed by atoms with Gasteiger partial charge in [-0.15, -0.1) is 0 Å². The Balaban J connectivity index is 2.28. The number of methoxy groups -OCH3 is 1. The van der Waals surface area contributed by atoms with E-state index in [2.05, 4.69) is 33.0 Å². The zero-order valence-corrected chi connectivity index (χ0v) is 13.1. The number of hydrogen-bond donors (Lipinski definition) is 1. The van der Waals surface area contributed by atoms with Gasteiger partial charge in [-0.2, -0.15) is 5.10 Å². The predicted molar refractivity (Wildman–Crippen MR) is 81.6 cm³/mol. The van der Waals surface area contributed by atoms with Crippen molar-refractivity contribution in [3.8, 4) is 5.75 Å². The Labute approximate surface area is 125 Å². The highest BCUT2D eigenvalue weighted by molar-refractivity contribution is 14.1. The molecule has 0 radical (unpaired) electrons. The predicted octanol–water partition coefficient (Wildman–Crippen LogP) is 2.59. The molecule has 19 heavy (non-hydrogen) atoms. The van der Waals surface area contributed by atoms with Crippen LogP contribution in [-0.4, -0.2) is 22.8 Å². The maximum Gasteiger partial charge on any atom is 0.277 e. The fourth-order valence-electron chi connectivity index (χ4n) is 1.71. The molecule has 6 heteroatoms. The Kier molecular flexibility index (Phi) is 4.08. The van der Waals surface area contributed by atoms with E-state index in [0.717, 1.165) is 9.13 Å². The van der Waals surface area contributed by atoms with Gasteiger partial charge in [-0.05, 0) is 47.2 Å². The molecule has 1 amide bonds. The molecule has 0 aliphatic carbocycles. The third kappa shape index (κ3) is 3.06. The van der Waals surface area contributed by atoms with Gasteiger partial charge in [-0.1, -0.05) is 6.07 Å². The summed E-state index contributed by atoms with van der Waals surface area (Å²) < 4.78 is 7.66. The van der Waals surface area contributed by atoms with Gasteiger partial charge in [0.25, 0.3) is 5.91 Å². The van der Waals surface area contributed by atoms with E-state index in [-0.39, 0.29) is 5.91 Å². The molecular formula is C13H14IN3O2. The highest BCUT2D eigenvalue weighted by Gasteiger charge is 2.16. The Morgan fingerprint density at radius 1 is 1.47 bits per heavy atom. The number of nitrogens with one attached hydrogen (secondary N) is 1. The number of hydrogen-bond acceptors (Lipinski definition) is 3. The highest BCUT2D eigenvalue weighted by Crippen LogP contribution is 2.26. The van der Waals surface area contributed by atoms with Crippen LogP contribution in [0.2, 0.25) is 0 Å². The van der Waals surface area contributed by atoms with Crippen LogP contribution >= 0.6 is 22.6 Å². The molecule has 0 unspecified atom stereocenters. The van der Waals surface area contributed by atoms with E-state index in [1.165, 1.54) is 0 Å². The molecule has 0 spiro atoms. The number of ether oxygens (including phenoxy) is 1. The monoisotopic (exact) mass is 371 g/mol. The minimum atomic E-state index is -0.242. The summed E-state index contributed by atoms with van der Waals surface area (Å²) in [6.07, 6.45) is 1.79. The van der Waals surface area contributed by atoms with Gasteiger partial charge in [0, 0.05) is 13.2 Å². The van der Waals surface area contributed by atoms with Gasteiger partial charge in [0.05, 0.1) is 16.4 Å². The standard InChI is InChI=1S/C13H14IN3O2/c1-8-4-5-11(19-3)10(6-8)15-13(18)12-9(14)7-17(2)16-12/h4-7H,1-3H3,(H,15,18). The van der Waals surface area contributed by atoms with Gasteiger partial charge in [0.15, 0.2) is 5.69 Å². The Morgan fingerprint density at radius 2 is 2.21 bits per heavy atom. The van der Waals surface area contributed by atoms with Gasteiger partial charge < -0.3 is 10.1 Å². The van der Waals surface area contributed by atoms with Crippen molar-refractivity contribution in [1.29, 1.82) is 0 Å². The van der Waals surface area contributed by atoms with Crippen LogP contribution in [0.3, 0.4) is 0 Å². The van der Waals surface area contributed by atoms with Crippen molar-refractivity contribution in [1.82, 2.24) is 9.78 Å². The van der Waals surface area contributed by atoms with Crippen LogP contribution in [0.15, 0.2) is 24.4 Å². The fraction of sp³-hybridized carbons (Fsp3) is 0.231. The second-order valence-corrected chi connectivity index (χ2v) is 5.32. The van der Waals surface area contributed by atoms with Gasteiger partial charge in [-0.25, -0.2) is 0 Å². The van der Waals surface area contributed by atoms with E-state index in [1.807, 2.05) is 25.1 Å². The summed E-state index contributed by atoms with van der Waals surface area (Å²) in [6.45, 7) is 1.96. The zero-order chi connectivity index (χ0) is 14.0. The summed E-state index contributed by atoms with van der Waals surface area (Å²) >= 11 is 2.09. The first-order valence-electron chi connectivity index (χ1n) is 5.66. The second kappa shape index (κ2) is 5.60. The number of nitrogens with zero attached hydrogens (tertiary/aromatic N) is 2. The number of aryl methyl sites for hydroxylation is 2. The average Bonchev–Trinajstić information content (AvgIpc) is 2.69. The zero-order valence-electron chi connectivity index (χ0n) is 10.9. The number of rotatable bonds is 3. The lowest BCUT2D eigenvalue weighted by Crippen LogP contribution is -2.15. The lowest BCUT2D eigenvalue weighted by atomic mass is 10.2. The van der Waals surface area contributed by atoms with E-state index in [4.69, 9.17) is 4.74 Å². The molecule has 2 aromatic rings. The van der Waals surface area contributed by atoms with Gasteiger partial charge >= 0.3 is 0 Å². The third-order valence-electron chi connectivity index (χ3n) is 2.60. The van der Waals surface area contributed by atoms with Crippen molar-refractivity contribution in [2.45, 2.75) is 6.92 Å². The molecule has 1 heterocycles. The number of carbonyl (C=O) groups is 1. The summed E-state index contributed by atoms with van der Waals surface area (Å²) in [5, 5.41) is 6.97. The first kappa shape index (κ1) is 13.9. The molecule has 1 N–H and O–H groups in total. The molecule has 0 aliphatic rings. The van der Waals surface area contributed by atoms with E-state index in [1.54, 1.807) is 25.0 Å². The quantitative estimate of drug-likeness (QED) is 0.844. The fourth-order valence-corrected chi connectivity index (χ4v) is 2.47. The smallest absolute Gasteiger partial charge is 0.277 e. The molecule has 0 saturated carbocycles. The summed E-state index contributed by atoms with van der Waals surface area (Å²) in [6, 6.07) is 5.62. The number of benzene rings is 1. The van der Waals surface area contributed by atoms with Gasteiger partial charge in [0.1, 0.15) is 5.75 Å². The summed E-state index contributed by atoms with van der Waals surface area (Å²) in [5.74, 6) is 0.388.